The van der Waals surface area contributed by atoms with E-state index in [4.69, 9.17) is 0 Å². The van der Waals surface area contributed by atoms with Gasteiger partial charge in [-0.3, -0.25) is 4.79 Å². The lowest BCUT2D eigenvalue weighted by Crippen LogP contribution is -2.48. The molecular weight excluding hydrogens is 290 g/mol. The quantitative estimate of drug-likeness (QED) is 0.789. The summed E-state index contributed by atoms with van der Waals surface area (Å²) in [4.78, 5) is 14.1. The van der Waals surface area contributed by atoms with Gasteiger partial charge in [0.25, 0.3) is 0 Å². The average Bonchev–Trinajstić information content (AvgIpc) is 2.97. The minimum Gasteiger partial charge on any atom is -0.341 e. The molecule has 122 valence electrons. The Kier molecular flexibility index (Phi) is 5.62. The van der Waals surface area contributed by atoms with Gasteiger partial charge in [-0.25, -0.2) is 12.7 Å². The van der Waals surface area contributed by atoms with Crippen LogP contribution in [0.2, 0.25) is 0 Å². The number of sulfonamides is 1. The van der Waals surface area contributed by atoms with Gasteiger partial charge < -0.3 is 10.2 Å². The fourth-order valence-electron chi connectivity index (χ4n) is 3.14. The van der Waals surface area contributed by atoms with Crippen LogP contribution in [-0.4, -0.2) is 68.6 Å². The number of nitrogens with zero attached hydrogens (tertiary/aromatic N) is 2. The average molecular weight is 317 g/mol. The Hall–Kier alpha value is -0.660. The molecule has 0 spiro atoms. The number of likely N-dealkylation sites (tertiary alicyclic amines) is 1. The second-order valence-electron chi connectivity index (χ2n) is 6.29. The van der Waals surface area contributed by atoms with Crippen LogP contribution in [0.25, 0.3) is 0 Å². The summed E-state index contributed by atoms with van der Waals surface area (Å²) in [7, 11) is -3.10. The standard InChI is InChI=1S/C14H27N3O3S/c1-12(14(18)16-7-3-4-8-16)15-10-13-6-5-9-17(11-13)21(2,19)20/h12-13,15H,3-11H2,1-2H3. The molecule has 2 fully saturated rings. The van der Waals surface area contributed by atoms with Crippen LogP contribution in [0.5, 0.6) is 0 Å². The molecular formula is C14H27N3O3S. The minimum absolute atomic E-state index is 0.170. The zero-order valence-electron chi connectivity index (χ0n) is 13.0. The van der Waals surface area contributed by atoms with Gasteiger partial charge in [0.15, 0.2) is 0 Å². The third kappa shape index (κ3) is 4.66. The molecule has 0 radical (unpaired) electrons. The van der Waals surface area contributed by atoms with E-state index >= 15 is 0 Å². The molecule has 2 aliphatic heterocycles. The molecule has 2 heterocycles. The van der Waals surface area contributed by atoms with Gasteiger partial charge in [-0.1, -0.05) is 0 Å². The number of amides is 1. The van der Waals surface area contributed by atoms with Crippen LogP contribution in [0.15, 0.2) is 0 Å². The van der Waals surface area contributed by atoms with Crippen molar-refractivity contribution in [3.63, 3.8) is 0 Å². The molecule has 0 aliphatic carbocycles. The van der Waals surface area contributed by atoms with Crippen LogP contribution in [0.4, 0.5) is 0 Å². The normalized spacial score (nSPS) is 26.0. The Balaban J connectivity index is 1.78. The van der Waals surface area contributed by atoms with Crippen molar-refractivity contribution in [2.24, 2.45) is 5.92 Å². The summed E-state index contributed by atoms with van der Waals surface area (Å²) in [5.74, 6) is 0.464. The van der Waals surface area contributed by atoms with Gasteiger partial charge in [0.2, 0.25) is 15.9 Å². The Morgan fingerprint density at radius 1 is 1.24 bits per heavy atom. The molecule has 2 saturated heterocycles. The molecule has 0 bridgehead atoms. The van der Waals surface area contributed by atoms with E-state index in [0.717, 1.165) is 38.8 Å². The maximum absolute atomic E-state index is 12.2. The van der Waals surface area contributed by atoms with Crippen LogP contribution in [-0.2, 0) is 14.8 Å². The highest BCUT2D eigenvalue weighted by Crippen LogP contribution is 2.18. The zero-order chi connectivity index (χ0) is 15.5. The monoisotopic (exact) mass is 317 g/mol. The molecule has 0 aromatic rings. The largest absolute Gasteiger partial charge is 0.341 e. The van der Waals surface area contributed by atoms with E-state index in [0.29, 0.717) is 25.6 Å². The summed E-state index contributed by atoms with van der Waals surface area (Å²) in [6.07, 6.45) is 5.38. The van der Waals surface area contributed by atoms with Crippen LogP contribution in [0, 0.1) is 5.92 Å². The number of hydrogen-bond donors (Lipinski definition) is 1. The molecule has 0 aromatic heterocycles. The lowest BCUT2D eigenvalue weighted by atomic mass is 9.99. The number of carbonyl (C=O) groups is 1. The van der Waals surface area contributed by atoms with E-state index in [1.165, 1.54) is 6.26 Å². The number of carbonyl (C=O) groups excluding carboxylic acids is 1. The molecule has 1 N–H and O–H groups in total. The molecule has 1 amide bonds. The number of piperidine rings is 1. The van der Waals surface area contributed by atoms with Crippen molar-refractivity contribution in [1.82, 2.24) is 14.5 Å². The summed E-state index contributed by atoms with van der Waals surface area (Å²) in [6.45, 7) is 5.53. The maximum atomic E-state index is 12.2. The minimum atomic E-state index is -3.10. The first-order valence-electron chi connectivity index (χ1n) is 7.85. The SMILES string of the molecule is CC(NCC1CCCN(S(C)(=O)=O)C1)C(=O)N1CCCC1. The van der Waals surface area contributed by atoms with E-state index in [-0.39, 0.29) is 11.9 Å². The highest BCUT2D eigenvalue weighted by Gasteiger charge is 2.27. The number of hydrogen-bond acceptors (Lipinski definition) is 4. The van der Waals surface area contributed by atoms with E-state index in [2.05, 4.69) is 5.32 Å². The fourth-order valence-corrected chi connectivity index (χ4v) is 4.08. The van der Waals surface area contributed by atoms with E-state index < -0.39 is 10.0 Å². The van der Waals surface area contributed by atoms with Crippen molar-refractivity contribution in [3.8, 4) is 0 Å². The Labute approximate surface area is 127 Å². The smallest absolute Gasteiger partial charge is 0.239 e. The third-order valence-electron chi connectivity index (χ3n) is 4.45. The third-order valence-corrected chi connectivity index (χ3v) is 5.72. The summed E-state index contributed by atoms with van der Waals surface area (Å²) >= 11 is 0. The van der Waals surface area contributed by atoms with E-state index in [1.54, 1.807) is 4.31 Å². The second-order valence-corrected chi connectivity index (χ2v) is 8.27. The van der Waals surface area contributed by atoms with Crippen molar-refractivity contribution in [2.45, 2.75) is 38.6 Å². The fraction of sp³-hybridized carbons (Fsp3) is 0.929. The van der Waals surface area contributed by atoms with E-state index in [9.17, 15) is 13.2 Å². The van der Waals surface area contributed by atoms with Gasteiger partial charge >= 0.3 is 0 Å². The molecule has 2 atom stereocenters. The molecule has 0 saturated carbocycles. The molecule has 6 nitrogen and oxygen atoms in total. The summed E-state index contributed by atoms with van der Waals surface area (Å²) in [5, 5.41) is 3.29. The maximum Gasteiger partial charge on any atom is 0.239 e. The molecule has 2 aliphatic rings. The highest BCUT2D eigenvalue weighted by atomic mass is 32.2. The first-order valence-corrected chi connectivity index (χ1v) is 9.70. The van der Waals surface area contributed by atoms with Gasteiger partial charge in [0.1, 0.15) is 0 Å². The summed E-state index contributed by atoms with van der Waals surface area (Å²) in [6, 6.07) is -0.184. The summed E-state index contributed by atoms with van der Waals surface area (Å²) in [5.41, 5.74) is 0. The predicted octanol–water partition coefficient (Wildman–Crippen LogP) is 0.259. The second kappa shape index (κ2) is 7.07. The molecule has 2 unspecified atom stereocenters. The van der Waals surface area contributed by atoms with Crippen LogP contribution < -0.4 is 5.32 Å². The van der Waals surface area contributed by atoms with Gasteiger partial charge in [0, 0.05) is 26.2 Å². The number of rotatable bonds is 5. The van der Waals surface area contributed by atoms with Crippen molar-refractivity contribution >= 4 is 15.9 Å². The van der Waals surface area contributed by atoms with Crippen molar-refractivity contribution in [2.75, 3.05) is 39.0 Å². The Morgan fingerprint density at radius 2 is 1.90 bits per heavy atom. The molecule has 0 aromatic carbocycles. The predicted molar refractivity (Wildman–Crippen MR) is 82.4 cm³/mol. The van der Waals surface area contributed by atoms with Gasteiger partial charge in [0.05, 0.1) is 12.3 Å². The topological polar surface area (TPSA) is 69.7 Å². The Bertz CT molecular complexity index is 460. The summed E-state index contributed by atoms with van der Waals surface area (Å²) < 4.78 is 24.7. The van der Waals surface area contributed by atoms with Gasteiger partial charge in [-0.2, -0.15) is 0 Å². The lowest BCUT2D eigenvalue weighted by Gasteiger charge is -2.32. The molecule has 2 rings (SSSR count). The van der Waals surface area contributed by atoms with Crippen LogP contribution in [0.1, 0.15) is 32.6 Å². The van der Waals surface area contributed by atoms with E-state index in [1.807, 2.05) is 11.8 Å². The van der Waals surface area contributed by atoms with Gasteiger partial charge in [-0.15, -0.1) is 0 Å². The van der Waals surface area contributed by atoms with Crippen molar-refractivity contribution in [3.05, 3.63) is 0 Å². The molecule has 7 heteroatoms. The van der Waals surface area contributed by atoms with Crippen molar-refractivity contribution < 1.29 is 13.2 Å². The van der Waals surface area contributed by atoms with Crippen molar-refractivity contribution in [1.29, 1.82) is 0 Å². The van der Waals surface area contributed by atoms with Gasteiger partial charge in [-0.05, 0) is 45.1 Å². The number of nitrogens with one attached hydrogen (secondary N) is 1. The first kappa shape index (κ1) is 16.7. The highest BCUT2D eigenvalue weighted by molar-refractivity contribution is 7.88. The van der Waals surface area contributed by atoms with Crippen LogP contribution >= 0.6 is 0 Å². The Morgan fingerprint density at radius 3 is 2.52 bits per heavy atom. The van der Waals surface area contributed by atoms with Crippen LogP contribution in [0.3, 0.4) is 0 Å². The first-order chi connectivity index (χ1) is 9.88. The zero-order valence-corrected chi connectivity index (χ0v) is 13.9. The molecule has 21 heavy (non-hydrogen) atoms. The lowest BCUT2D eigenvalue weighted by molar-refractivity contribution is -0.132.